The normalized spacial score (nSPS) is 13.8. The van der Waals surface area contributed by atoms with Gasteiger partial charge in [0.1, 0.15) is 6.04 Å². The average Bonchev–Trinajstić information content (AvgIpc) is 2.34. The minimum Gasteiger partial charge on any atom is -0.354 e. The van der Waals surface area contributed by atoms with Gasteiger partial charge in [0, 0.05) is 6.54 Å². The predicted octanol–water partition coefficient (Wildman–Crippen LogP) is -1.97. The van der Waals surface area contributed by atoms with Gasteiger partial charge in [0.05, 0.1) is 6.54 Å². The van der Waals surface area contributed by atoms with Gasteiger partial charge in [0.2, 0.25) is 11.8 Å². The van der Waals surface area contributed by atoms with Crippen LogP contribution in [0.1, 0.15) is 19.8 Å². The first kappa shape index (κ1) is 21.2. The van der Waals surface area contributed by atoms with Crippen LogP contribution in [0.2, 0.25) is 0 Å². The number of amides is 2. The Morgan fingerprint density at radius 3 is 2.05 bits per heavy atom. The molecule has 0 radical (unpaired) electrons. The van der Waals surface area contributed by atoms with E-state index < -0.39 is 44.9 Å². The molecule has 0 aliphatic rings. The van der Waals surface area contributed by atoms with Gasteiger partial charge in [0.25, 0.3) is 0 Å². The van der Waals surface area contributed by atoms with Gasteiger partial charge in [0.15, 0.2) is 5.40 Å². The van der Waals surface area contributed by atoms with E-state index in [-0.39, 0.29) is 19.5 Å². The zero-order chi connectivity index (χ0) is 17.6. The van der Waals surface area contributed by atoms with Crippen molar-refractivity contribution in [3.05, 3.63) is 0 Å². The summed E-state index contributed by atoms with van der Waals surface area (Å²) < 4.78 is 22.0. The van der Waals surface area contributed by atoms with Crippen LogP contribution in [0.5, 0.6) is 0 Å². The second kappa shape index (κ2) is 8.73. The average molecular weight is 361 g/mol. The largest absolute Gasteiger partial charge is 0.354 e. The van der Waals surface area contributed by atoms with E-state index in [0.29, 0.717) is 0 Å². The third-order valence-electron chi connectivity index (χ3n) is 2.67. The summed E-state index contributed by atoms with van der Waals surface area (Å²) >= 11 is 0. The van der Waals surface area contributed by atoms with Gasteiger partial charge in [-0.2, -0.15) is 0 Å². The molecule has 0 saturated heterocycles. The molecule has 0 aromatic carbocycles. The number of hydrogen-bond acceptors (Lipinski definition) is 5. The zero-order valence-corrected chi connectivity index (χ0v) is 13.7. The Balaban J connectivity index is 4.31. The van der Waals surface area contributed by atoms with E-state index in [1.54, 1.807) is 0 Å². The standard InChI is InChI=1S/C9H21N3O8P2/c1-6(12-7(13)5-10)9(14)11-4-2-3-8(21(15,16)17)22(18,19)20/h6,8H,2-5,10H2,1H3,(H,11,14)(H,12,13)(H2,15,16,17)(H2,18,19,20)/t6-/m0/s1. The molecule has 0 unspecified atom stereocenters. The number of nitrogens with two attached hydrogens (primary N) is 1. The Hall–Kier alpha value is -0.800. The maximum Gasteiger partial charge on any atom is 0.340 e. The molecular formula is C9H21N3O8P2. The lowest BCUT2D eigenvalue weighted by Gasteiger charge is -2.19. The SMILES string of the molecule is C[C@H](NC(=O)CN)C(=O)NCCCC(P(=O)(O)O)P(=O)(O)O. The van der Waals surface area contributed by atoms with Crippen LogP contribution >= 0.6 is 15.2 Å². The van der Waals surface area contributed by atoms with Crippen molar-refractivity contribution in [1.29, 1.82) is 0 Å². The van der Waals surface area contributed by atoms with Crippen LogP contribution in [0, 0.1) is 0 Å². The third kappa shape index (κ3) is 8.00. The van der Waals surface area contributed by atoms with Gasteiger partial charge in [-0.05, 0) is 19.8 Å². The number of rotatable bonds is 9. The summed E-state index contributed by atoms with van der Waals surface area (Å²) in [6.07, 6.45) is -0.511. The van der Waals surface area contributed by atoms with Gasteiger partial charge >= 0.3 is 15.2 Å². The summed E-state index contributed by atoms with van der Waals surface area (Å²) in [7, 11) is -9.90. The Morgan fingerprint density at radius 2 is 1.64 bits per heavy atom. The van der Waals surface area contributed by atoms with E-state index >= 15 is 0 Å². The molecular weight excluding hydrogens is 340 g/mol. The van der Waals surface area contributed by atoms with Crippen LogP contribution in [0.15, 0.2) is 0 Å². The van der Waals surface area contributed by atoms with Crippen LogP contribution in [-0.2, 0) is 18.7 Å². The molecule has 0 spiro atoms. The summed E-state index contributed by atoms with van der Waals surface area (Å²) in [6, 6.07) is -0.851. The van der Waals surface area contributed by atoms with Gasteiger partial charge in [-0.1, -0.05) is 0 Å². The summed E-state index contributed by atoms with van der Waals surface area (Å²) in [5.41, 5.74) is 5.07. The molecule has 0 aromatic rings. The second-order valence-electron chi connectivity index (χ2n) is 4.59. The Kier molecular flexibility index (Phi) is 8.42. The van der Waals surface area contributed by atoms with Crippen molar-refractivity contribution in [2.24, 2.45) is 5.73 Å². The van der Waals surface area contributed by atoms with Crippen LogP contribution in [0.3, 0.4) is 0 Å². The first-order chi connectivity index (χ1) is 9.89. The van der Waals surface area contributed by atoms with Crippen molar-refractivity contribution >= 4 is 27.0 Å². The molecule has 0 saturated carbocycles. The minimum absolute atomic E-state index is 0.0514. The van der Waals surface area contributed by atoms with E-state index in [1.165, 1.54) is 6.92 Å². The molecule has 0 aliphatic carbocycles. The fourth-order valence-corrected chi connectivity index (χ4v) is 4.15. The molecule has 8 N–H and O–H groups in total. The first-order valence-corrected chi connectivity index (χ1v) is 9.63. The second-order valence-corrected chi connectivity index (χ2v) is 8.60. The lowest BCUT2D eigenvalue weighted by Crippen LogP contribution is -2.46. The van der Waals surface area contributed by atoms with Crippen molar-refractivity contribution in [3.63, 3.8) is 0 Å². The molecule has 0 rings (SSSR count). The lowest BCUT2D eigenvalue weighted by atomic mass is 10.3. The van der Waals surface area contributed by atoms with E-state index in [4.69, 9.17) is 25.3 Å². The maximum absolute atomic E-state index is 11.6. The first-order valence-electron chi connectivity index (χ1n) is 6.27. The monoisotopic (exact) mass is 361 g/mol. The topological polar surface area (TPSA) is 199 Å². The smallest absolute Gasteiger partial charge is 0.340 e. The number of hydrogen-bond donors (Lipinski definition) is 7. The van der Waals surface area contributed by atoms with Gasteiger partial charge in [-0.3, -0.25) is 18.7 Å². The number of carbonyl (C=O) groups excluding carboxylic acids is 2. The van der Waals surface area contributed by atoms with Crippen molar-refractivity contribution in [2.75, 3.05) is 13.1 Å². The molecule has 13 heteroatoms. The number of carbonyl (C=O) groups is 2. The van der Waals surface area contributed by atoms with Gasteiger partial charge in [-0.15, -0.1) is 0 Å². The van der Waals surface area contributed by atoms with Crippen LogP contribution in [-0.4, -0.2) is 55.9 Å². The predicted molar refractivity (Wildman–Crippen MR) is 76.8 cm³/mol. The molecule has 1 atom stereocenters. The fourth-order valence-electron chi connectivity index (χ4n) is 1.55. The van der Waals surface area contributed by atoms with Crippen LogP contribution in [0.4, 0.5) is 0 Å². The highest BCUT2D eigenvalue weighted by Gasteiger charge is 2.42. The molecule has 130 valence electrons. The van der Waals surface area contributed by atoms with Crippen molar-refractivity contribution in [3.8, 4) is 0 Å². The van der Waals surface area contributed by atoms with Crippen molar-refractivity contribution in [2.45, 2.75) is 31.2 Å². The van der Waals surface area contributed by atoms with Crippen molar-refractivity contribution in [1.82, 2.24) is 10.6 Å². The lowest BCUT2D eigenvalue weighted by molar-refractivity contribution is -0.127. The molecule has 0 fully saturated rings. The van der Waals surface area contributed by atoms with E-state index in [0.717, 1.165) is 0 Å². The van der Waals surface area contributed by atoms with Crippen molar-refractivity contribution < 1.29 is 38.3 Å². The minimum atomic E-state index is -4.95. The van der Waals surface area contributed by atoms with Crippen LogP contribution < -0.4 is 16.4 Å². The summed E-state index contributed by atoms with van der Waals surface area (Å²) in [5.74, 6) is -1.07. The van der Waals surface area contributed by atoms with Gasteiger partial charge in [-0.25, -0.2) is 0 Å². The molecule has 0 aromatic heterocycles. The molecule has 0 aliphatic heterocycles. The van der Waals surface area contributed by atoms with E-state index in [2.05, 4.69) is 10.6 Å². The Morgan fingerprint density at radius 1 is 1.14 bits per heavy atom. The van der Waals surface area contributed by atoms with E-state index in [1.807, 2.05) is 0 Å². The summed E-state index contributed by atoms with van der Waals surface area (Å²) in [5, 5.41) is 2.58. The quantitative estimate of drug-likeness (QED) is 0.180. The molecule has 0 bridgehead atoms. The molecule has 22 heavy (non-hydrogen) atoms. The Bertz CT molecular complexity index is 465. The molecule has 0 heterocycles. The summed E-state index contributed by atoms with van der Waals surface area (Å²) in [6.45, 7) is 1.08. The highest BCUT2D eigenvalue weighted by molar-refractivity contribution is 7.70. The maximum atomic E-state index is 11.6. The molecule has 2 amide bonds. The highest BCUT2D eigenvalue weighted by Crippen LogP contribution is 2.61. The Labute approximate surface area is 127 Å². The molecule has 11 nitrogen and oxygen atoms in total. The summed E-state index contributed by atoms with van der Waals surface area (Å²) in [4.78, 5) is 58.2. The highest BCUT2D eigenvalue weighted by atomic mass is 31.2. The van der Waals surface area contributed by atoms with E-state index in [9.17, 15) is 18.7 Å². The third-order valence-corrected chi connectivity index (χ3v) is 6.55. The fraction of sp³-hybridized carbons (Fsp3) is 0.778. The zero-order valence-electron chi connectivity index (χ0n) is 11.9. The van der Waals surface area contributed by atoms with Gasteiger partial charge < -0.3 is 35.9 Å². The number of nitrogens with one attached hydrogen (secondary N) is 2. The van der Waals surface area contributed by atoms with Crippen LogP contribution in [0.25, 0.3) is 0 Å².